The molecule has 272 valence electrons. The first-order chi connectivity index (χ1) is 22.3. The molecule has 0 unspecified atom stereocenters. The van der Waals surface area contributed by atoms with E-state index in [-0.39, 0.29) is 0 Å². The fraction of sp³-hybridized carbons (Fsp3) is 1.00. The molecule has 1 N–H and O–H groups in total. The summed E-state index contributed by atoms with van der Waals surface area (Å²) in [6, 6.07) is 0. The van der Waals surface area contributed by atoms with Crippen LogP contribution in [0.3, 0.4) is 0 Å². The maximum Gasteiger partial charge on any atom is 0.0110 e. The standard InChI is InChI=1S/C12H25N3.C11H22N2.2C7H16N2/c1-2-14-7-9-15(10-8-14)11-12-3-5-13-6-4-12;1-10-7-13(8-10)9-11-3-5-12(2)6-4-11;2*1-3-9-6-4-8(2)5-7-9/h12-13H,2-11H2,1H3;10-11H,3-9H2,1-2H3;2*3-7H2,1-2H3. The molecule has 46 heavy (non-hydrogen) atoms. The Kier molecular flexibility index (Phi) is 20.1. The van der Waals surface area contributed by atoms with Gasteiger partial charge in [0.25, 0.3) is 0 Å². The van der Waals surface area contributed by atoms with Gasteiger partial charge in [-0.1, -0.05) is 27.7 Å². The number of piperidine rings is 2. The van der Waals surface area contributed by atoms with E-state index in [1.807, 2.05) is 0 Å². The van der Waals surface area contributed by atoms with E-state index in [0.29, 0.717) is 0 Å². The van der Waals surface area contributed by atoms with Crippen LogP contribution in [0.15, 0.2) is 0 Å². The topological polar surface area (TPSA) is 38.0 Å². The molecular formula is C37H79N9. The van der Waals surface area contributed by atoms with Gasteiger partial charge in [-0.2, -0.15) is 0 Å². The Hall–Kier alpha value is -0.360. The van der Waals surface area contributed by atoms with Crippen LogP contribution in [0, 0.1) is 17.8 Å². The van der Waals surface area contributed by atoms with Crippen molar-refractivity contribution in [1.29, 1.82) is 0 Å². The van der Waals surface area contributed by atoms with Crippen LogP contribution in [0.4, 0.5) is 0 Å². The summed E-state index contributed by atoms with van der Waals surface area (Å²) in [6.45, 7) is 38.4. The van der Waals surface area contributed by atoms with Gasteiger partial charge < -0.3 is 44.5 Å². The van der Waals surface area contributed by atoms with E-state index in [1.165, 1.54) is 176 Å². The van der Waals surface area contributed by atoms with Crippen LogP contribution < -0.4 is 5.32 Å². The summed E-state index contributed by atoms with van der Waals surface area (Å²) in [6.07, 6.45) is 5.60. The highest BCUT2D eigenvalue weighted by atomic mass is 15.3. The van der Waals surface area contributed by atoms with Crippen molar-refractivity contribution in [1.82, 2.24) is 44.5 Å². The van der Waals surface area contributed by atoms with Gasteiger partial charge in [0.1, 0.15) is 0 Å². The molecule has 0 radical (unpaired) electrons. The molecule has 0 amide bonds. The van der Waals surface area contributed by atoms with E-state index in [2.05, 4.69) is 93.4 Å². The lowest BCUT2D eigenvalue weighted by Crippen LogP contribution is -2.48. The quantitative estimate of drug-likeness (QED) is 0.448. The van der Waals surface area contributed by atoms with Gasteiger partial charge in [0.15, 0.2) is 0 Å². The Morgan fingerprint density at radius 3 is 1.20 bits per heavy atom. The lowest BCUT2D eigenvalue weighted by Gasteiger charge is -2.41. The molecule has 6 aliphatic rings. The van der Waals surface area contributed by atoms with Crippen LogP contribution in [-0.4, -0.2) is 211 Å². The zero-order valence-corrected chi connectivity index (χ0v) is 31.9. The van der Waals surface area contributed by atoms with Crippen LogP contribution in [0.5, 0.6) is 0 Å². The van der Waals surface area contributed by atoms with Crippen molar-refractivity contribution in [2.75, 3.05) is 172 Å². The third kappa shape index (κ3) is 16.4. The summed E-state index contributed by atoms with van der Waals surface area (Å²) < 4.78 is 0. The highest BCUT2D eigenvalue weighted by Crippen LogP contribution is 2.22. The van der Waals surface area contributed by atoms with Crippen molar-refractivity contribution in [2.24, 2.45) is 17.8 Å². The number of rotatable bonds is 7. The van der Waals surface area contributed by atoms with Gasteiger partial charge in [0, 0.05) is 105 Å². The number of hydrogen-bond donors (Lipinski definition) is 1. The molecule has 6 saturated heterocycles. The average molecular weight is 650 g/mol. The number of likely N-dealkylation sites (tertiary alicyclic amines) is 2. The summed E-state index contributed by atoms with van der Waals surface area (Å²) >= 11 is 0. The summed E-state index contributed by atoms with van der Waals surface area (Å²) in [5.74, 6) is 2.91. The number of piperazine rings is 3. The molecular weight excluding hydrogens is 570 g/mol. The molecule has 6 fully saturated rings. The van der Waals surface area contributed by atoms with Crippen molar-refractivity contribution in [3.8, 4) is 0 Å². The fourth-order valence-electron chi connectivity index (χ4n) is 7.63. The predicted molar refractivity (Wildman–Crippen MR) is 199 cm³/mol. The SMILES string of the molecule is CC1CN(CC2CCN(C)CC2)C1.CCN1CCN(C)CC1.CCN1CCN(C)CC1.CCN1CCN(CC2CCNCC2)CC1. The molecule has 0 atom stereocenters. The molecule has 0 aliphatic carbocycles. The smallest absolute Gasteiger partial charge is 0.0110 e. The zero-order valence-electron chi connectivity index (χ0n) is 31.9. The van der Waals surface area contributed by atoms with Gasteiger partial charge in [0.2, 0.25) is 0 Å². The Morgan fingerprint density at radius 1 is 0.435 bits per heavy atom. The molecule has 0 bridgehead atoms. The van der Waals surface area contributed by atoms with Crippen molar-refractivity contribution in [2.45, 2.75) is 53.4 Å². The minimum Gasteiger partial charge on any atom is -0.317 e. The van der Waals surface area contributed by atoms with Crippen molar-refractivity contribution < 1.29 is 0 Å². The second-order valence-corrected chi connectivity index (χ2v) is 15.5. The molecule has 0 aromatic heterocycles. The average Bonchev–Trinajstić information content (AvgIpc) is 3.07. The molecule has 6 aliphatic heterocycles. The molecule has 6 rings (SSSR count). The van der Waals surface area contributed by atoms with Crippen LogP contribution in [0.2, 0.25) is 0 Å². The number of nitrogens with one attached hydrogen (secondary N) is 1. The first kappa shape index (κ1) is 40.1. The van der Waals surface area contributed by atoms with Crippen molar-refractivity contribution in [3.63, 3.8) is 0 Å². The Morgan fingerprint density at radius 2 is 0.783 bits per heavy atom. The van der Waals surface area contributed by atoms with Crippen LogP contribution in [0.25, 0.3) is 0 Å². The normalized spacial score (nSPS) is 26.7. The number of hydrogen-bond acceptors (Lipinski definition) is 9. The highest BCUT2D eigenvalue weighted by Gasteiger charge is 2.26. The summed E-state index contributed by atoms with van der Waals surface area (Å²) in [7, 11) is 6.61. The van der Waals surface area contributed by atoms with Crippen LogP contribution in [0.1, 0.15) is 53.4 Å². The maximum absolute atomic E-state index is 3.44. The maximum atomic E-state index is 3.44. The lowest BCUT2D eigenvalue weighted by molar-refractivity contribution is 0.0741. The Bertz CT molecular complexity index is 690. The van der Waals surface area contributed by atoms with E-state index < -0.39 is 0 Å². The van der Waals surface area contributed by atoms with E-state index in [4.69, 9.17) is 0 Å². The highest BCUT2D eigenvalue weighted by molar-refractivity contribution is 4.81. The predicted octanol–water partition coefficient (Wildman–Crippen LogP) is 2.41. The number of nitrogens with zero attached hydrogens (tertiary/aromatic N) is 8. The summed E-state index contributed by atoms with van der Waals surface area (Å²) in [4.78, 5) is 20.0. The largest absolute Gasteiger partial charge is 0.317 e. The Labute approximate surface area is 286 Å². The van der Waals surface area contributed by atoms with E-state index in [0.717, 1.165) is 17.8 Å². The number of likely N-dealkylation sites (N-methyl/N-ethyl adjacent to an activating group) is 5. The monoisotopic (exact) mass is 650 g/mol. The minimum atomic E-state index is 0.958. The summed E-state index contributed by atoms with van der Waals surface area (Å²) in [5.41, 5.74) is 0. The lowest BCUT2D eigenvalue weighted by atomic mass is 9.93. The fourth-order valence-corrected chi connectivity index (χ4v) is 7.63. The van der Waals surface area contributed by atoms with Gasteiger partial charge in [-0.05, 0) is 110 Å². The van der Waals surface area contributed by atoms with E-state index in [1.54, 1.807) is 0 Å². The third-order valence-electron chi connectivity index (χ3n) is 11.5. The molecule has 9 nitrogen and oxygen atoms in total. The first-order valence-electron chi connectivity index (χ1n) is 19.7. The van der Waals surface area contributed by atoms with Crippen molar-refractivity contribution >= 4 is 0 Å². The van der Waals surface area contributed by atoms with Gasteiger partial charge in [-0.3, -0.25) is 0 Å². The van der Waals surface area contributed by atoms with Crippen LogP contribution >= 0.6 is 0 Å². The van der Waals surface area contributed by atoms with Gasteiger partial charge in [-0.15, -0.1) is 0 Å². The van der Waals surface area contributed by atoms with Gasteiger partial charge in [-0.25, -0.2) is 0 Å². The minimum absolute atomic E-state index is 0.958. The Balaban J connectivity index is 0.000000171. The molecule has 0 saturated carbocycles. The molecule has 6 heterocycles. The first-order valence-corrected chi connectivity index (χ1v) is 19.7. The molecule has 0 spiro atoms. The summed E-state index contributed by atoms with van der Waals surface area (Å²) in [5, 5.41) is 3.44. The second kappa shape index (κ2) is 23.1. The second-order valence-electron chi connectivity index (χ2n) is 15.5. The van der Waals surface area contributed by atoms with Gasteiger partial charge in [0.05, 0.1) is 0 Å². The van der Waals surface area contributed by atoms with Crippen molar-refractivity contribution in [3.05, 3.63) is 0 Å². The van der Waals surface area contributed by atoms with E-state index in [9.17, 15) is 0 Å². The van der Waals surface area contributed by atoms with E-state index >= 15 is 0 Å². The zero-order chi connectivity index (χ0) is 33.1. The third-order valence-corrected chi connectivity index (χ3v) is 11.5. The van der Waals surface area contributed by atoms with Crippen LogP contribution in [-0.2, 0) is 0 Å². The molecule has 0 aromatic rings. The molecule has 0 aromatic carbocycles. The molecule has 9 heteroatoms. The van der Waals surface area contributed by atoms with Gasteiger partial charge >= 0.3 is 0 Å².